The highest BCUT2D eigenvalue weighted by Crippen LogP contribution is 2.22. The number of benzene rings is 3. The monoisotopic (exact) mass is 511 g/mol. The van der Waals surface area contributed by atoms with Crippen molar-refractivity contribution < 1.29 is 9.53 Å². The van der Waals surface area contributed by atoms with Crippen LogP contribution in [0.15, 0.2) is 82.3 Å². The summed E-state index contributed by atoms with van der Waals surface area (Å²) in [6, 6.07) is 23.5. The normalized spacial score (nSPS) is 12.3. The largest absolute Gasteiger partial charge is 0.442 e. The Morgan fingerprint density at radius 1 is 0.969 bits per heavy atom. The Balaban J connectivity index is 2.02. The van der Waals surface area contributed by atoms with Gasteiger partial charge in [0.05, 0.1) is 17.6 Å². The van der Waals surface area contributed by atoms with Crippen LogP contribution in [0.25, 0.3) is 16.7 Å². The van der Waals surface area contributed by atoms with Crippen molar-refractivity contribution >= 4 is 44.7 Å². The molecule has 0 atom stereocenters. The fourth-order valence-corrected chi connectivity index (χ4v) is 3.95. The number of hydrogen-bond donors (Lipinski definition) is 0. The molecule has 0 aliphatic rings. The van der Waals surface area contributed by atoms with Gasteiger partial charge in [-0.3, -0.25) is 4.57 Å². The van der Waals surface area contributed by atoms with E-state index in [0.717, 1.165) is 26.8 Å². The van der Waals surface area contributed by atoms with Crippen molar-refractivity contribution in [1.82, 2.24) is 9.13 Å². The van der Waals surface area contributed by atoms with Crippen LogP contribution < -0.4 is 5.62 Å². The number of imidazole rings is 1. The molecule has 0 unspecified atom stereocenters. The number of carbonyl (C=O) groups is 1. The molecule has 5 nitrogen and oxygen atoms in total. The Hall–Kier alpha value is -2.83. The minimum absolute atomic E-state index is 0.450. The van der Waals surface area contributed by atoms with Gasteiger partial charge in [0.2, 0.25) is 5.62 Å². The van der Waals surface area contributed by atoms with Crippen LogP contribution in [-0.4, -0.2) is 20.8 Å². The van der Waals surface area contributed by atoms with Crippen molar-refractivity contribution in [3.8, 4) is 5.69 Å². The fourth-order valence-electron chi connectivity index (χ4n) is 3.49. The number of amides is 1. The van der Waals surface area contributed by atoms with Gasteiger partial charge >= 0.3 is 6.09 Å². The van der Waals surface area contributed by atoms with Crippen LogP contribution in [0, 0.1) is 0 Å². The number of nitrogens with zero attached hydrogens (tertiary/aromatic N) is 3. The Kier molecular flexibility index (Phi) is 6.26. The number of aromatic nitrogens is 2. The van der Waals surface area contributed by atoms with Gasteiger partial charge in [0.1, 0.15) is 5.60 Å². The number of hydrogen-bond acceptors (Lipinski definition) is 2. The van der Waals surface area contributed by atoms with E-state index >= 15 is 0 Å². The smallest absolute Gasteiger partial charge is 0.437 e. The molecule has 4 aromatic rings. The van der Waals surface area contributed by atoms with Crippen LogP contribution in [0.4, 0.5) is 4.79 Å². The summed E-state index contributed by atoms with van der Waals surface area (Å²) in [5, 5.41) is 0.656. The number of carbonyl (C=O) groups excluding carboxylic acids is 1. The molecular formula is C25H23BrClN3O2. The third-order valence-corrected chi connectivity index (χ3v) is 5.71. The lowest BCUT2D eigenvalue weighted by atomic mass is 10.2. The molecule has 3 aromatic carbocycles. The molecule has 7 heteroatoms. The number of rotatable bonds is 3. The molecule has 32 heavy (non-hydrogen) atoms. The summed E-state index contributed by atoms with van der Waals surface area (Å²) in [7, 11) is 0. The Morgan fingerprint density at radius 3 is 2.25 bits per heavy atom. The standard InChI is InChI=1S/C25H23BrClN3O2/c1-25(2,3)32-24(31)28-23-29(16-17-8-4-5-9-20(17)27)21-10-6-7-11-22(21)30(23)19-14-12-18(26)13-15-19/h4-15H,16H2,1-3H3/b28-23+. The third-order valence-electron chi connectivity index (χ3n) is 4.81. The summed E-state index contributed by atoms with van der Waals surface area (Å²) < 4.78 is 10.4. The van der Waals surface area contributed by atoms with Crippen molar-refractivity contribution in [2.45, 2.75) is 32.9 Å². The SMILES string of the molecule is CC(C)(C)OC(=O)/N=c1\n(Cc2ccccc2Cl)c2ccccc2n1-c1ccc(Br)cc1. The van der Waals surface area contributed by atoms with E-state index in [4.69, 9.17) is 16.3 Å². The molecule has 0 aliphatic heterocycles. The summed E-state index contributed by atoms with van der Waals surface area (Å²) in [4.78, 5) is 17.2. The average Bonchev–Trinajstić information content (AvgIpc) is 3.02. The number of fused-ring (bicyclic) bond motifs is 1. The average molecular weight is 513 g/mol. The number of halogens is 2. The van der Waals surface area contributed by atoms with Crippen LogP contribution in [0.5, 0.6) is 0 Å². The predicted molar refractivity (Wildman–Crippen MR) is 131 cm³/mol. The number of para-hydroxylation sites is 2. The van der Waals surface area contributed by atoms with Crippen LogP contribution in [-0.2, 0) is 11.3 Å². The highest BCUT2D eigenvalue weighted by molar-refractivity contribution is 9.10. The van der Waals surface area contributed by atoms with E-state index in [1.807, 2.05) is 103 Å². The van der Waals surface area contributed by atoms with Gasteiger partial charge in [0.15, 0.2) is 0 Å². The highest BCUT2D eigenvalue weighted by Gasteiger charge is 2.19. The molecular weight excluding hydrogens is 490 g/mol. The minimum atomic E-state index is -0.650. The molecule has 1 heterocycles. The zero-order valence-corrected chi connectivity index (χ0v) is 20.4. The maximum atomic E-state index is 12.8. The predicted octanol–water partition coefficient (Wildman–Crippen LogP) is 6.73. The van der Waals surface area contributed by atoms with Crippen molar-refractivity contribution in [3.63, 3.8) is 0 Å². The van der Waals surface area contributed by atoms with Gasteiger partial charge in [-0.25, -0.2) is 4.79 Å². The maximum Gasteiger partial charge on any atom is 0.437 e. The lowest BCUT2D eigenvalue weighted by molar-refractivity contribution is 0.0594. The summed E-state index contributed by atoms with van der Waals surface area (Å²) in [5.41, 5.74) is 3.47. The van der Waals surface area contributed by atoms with Gasteiger partial charge in [0, 0.05) is 15.2 Å². The molecule has 164 valence electrons. The third kappa shape index (κ3) is 4.81. The van der Waals surface area contributed by atoms with Gasteiger partial charge in [-0.15, -0.1) is 4.99 Å². The first-order valence-electron chi connectivity index (χ1n) is 10.2. The zero-order chi connectivity index (χ0) is 22.9. The minimum Gasteiger partial charge on any atom is -0.442 e. The first-order chi connectivity index (χ1) is 15.2. The Bertz CT molecular complexity index is 1350. The van der Waals surface area contributed by atoms with Crippen LogP contribution in [0.2, 0.25) is 5.02 Å². The molecule has 4 rings (SSSR count). The molecule has 0 saturated heterocycles. The molecule has 0 saturated carbocycles. The van der Waals surface area contributed by atoms with Crippen molar-refractivity contribution in [1.29, 1.82) is 0 Å². The second kappa shape index (κ2) is 8.96. The van der Waals surface area contributed by atoms with Crippen LogP contribution >= 0.6 is 27.5 Å². The van der Waals surface area contributed by atoms with E-state index in [1.54, 1.807) is 0 Å². The van der Waals surface area contributed by atoms with E-state index in [1.165, 1.54) is 0 Å². The summed E-state index contributed by atoms with van der Waals surface area (Å²) in [5.74, 6) is 0. The summed E-state index contributed by atoms with van der Waals surface area (Å²) in [6.45, 7) is 5.92. The van der Waals surface area contributed by atoms with Gasteiger partial charge in [0.25, 0.3) is 0 Å². The lowest BCUT2D eigenvalue weighted by Crippen LogP contribution is -2.29. The van der Waals surface area contributed by atoms with Crippen molar-refractivity contribution in [2.24, 2.45) is 4.99 Å². The van der Waals surface area contributed by atoms with E-state index < -0.39 is 11.7 Å². The fraction of sp³-hybridized carbons (Fsp3) is 0.200. The van der Waals surface area contributed by atoms with Crippen molar-refractivity contribution in [2.75, 3.05) is 0 Å². The van der Waals surface area contributed by atoms with Gasteiger partial charge < -0.3 is 9.30 Å². The Labute approximate surface area is 200 Å². The topological polar surface area (TPSA) is 48.5 Å². The molecule has 0 spiro atoms. The number of ether oxygens (including phenoxy) is 1. The van der Waals surface area contributed by atoms with E-state index in [9.17, 15) is 4.79 Å². The summed E-state index contributed by atoms with van der Waals surface area (Å²) >= 11 is 9.95. The first-order valence-corrected chi connectivity index (χ1v) is 11.4. The molecule has 0 radical (unpaired) electrons. The van der Waals surface area contributed by atoms with Crippen LogP contribution in [0.3, 0.4) is 0 Å². The maximum absolute atomic E-state index is 12.8. The van der Waals surface area contributed by atoms with Gasteiger partial charge in [-0.1, -0.05) is 57.9 Å². The van der Waals surface area contributed by atoms with Gasteiger partial charge in [-0.2, -0.15) is 0 Å². The van der Waals surface area contributed by atoms with Crippen molar-refractivity contribution in [3.05, 3.63) is 93.5 Å². The quantitative estimate of drug-likeness (QED) is 0.305. The molecule has 0 fully saturated rings. The molecule has 0 aliphatic carbocycles. The van der Waals surface area contributed by atoms with E-state index in [0.29, 0.717) is 17.2 Å². The molecule has 1 amide bonds. The van der Waals surface area contributed by atoms with Crippen LogP contribution in [0.1, 0.15) is 26.3 Å². The molecule has 0 N–H and O–H groups in total. The van der Waals surface area contributed by atoms with Gasteiger partial charge in [-0.05, 0) is 68.8 Å². The first kappa shape index (κ1) is 22.4. The molecule has 0 bridgehead atoms. The Morgan fingerprint density at radius 2 is 1.59 bits per heavy atom. The second-order valence-electron chi connectivity index (χ2n) is 8.37. The highest BCUT2D eigenvalue weighted by atomic mass is 79.9. The molecule has 1 aromatic heterocycles. The second-order valence-corrected chi connectivity index (χ2v) is 9.69. The zero-order valence-electron chi connectivity index (χ0n) is 18.0. The van der Waals surface area contributed by atoms with E-state index in [2.05, 4.69) is 20.9 Å². The summed E-state index contributed by atoms with van der Waals surface area (Å²) in [6.07, 6.45) is -0.647. The lowest BCUT2D eigenvalue weighted by Gasteiger charge is -2.17. The van der Waals surface area contributed by atoms with E-state index in [-0.39, 0.29) is 0 Å².